The first-order valence-corrected chi connectivity index (χ1v) is 12.9. The van der Waals surface area contributed by atoms with Gasteiger partial charge in [-0.15, -0.1) is 0 Å². The van der Waals surface area contributed by atoms with Gasteiger partial charge in [-0.3, -0.25) is 8.37 Å². The van der Waals surface area contributed by atoms with Crippen LogP contribution in [0.2, 0.25) is 0 Å². The summed E-state index contributed by atoms with van der Waals surface area (Å²) >= 11 is -1.63. The van der Waals surface area contributed by atoms with Gasteiger partial charge in [0.25, 0.3) is 0 Å². The van der Waals surface area contributed by atoms with E-state index in [1.54, 1.807) is 4.90 Å². The van der Waals surface area contributed by atoms with Crippen molar-refractivity contribution in [1.29, 1.82) is 0 Å². The van der Waals surface area contributed by atoms with Crippen molar-refractivity contribution < 1.29 is 31.9 Å². The molecule has 190 valence electrons. The fraction of sp³-hybridized carbons (Fsp3) is 0.500. The van der Waals surface area contributed by atoms with Gasteiger partial charge in [-0.2, -0.15) is 4.21 Å². The van der Waals surface area contributed by atoms with Crippen molar-refractivity contribution in [3.63, 3.8) is 0 Å². The Morgan fingerprint density at radius 3 is 2.29 bits per heavy atom. The van der Waals surface area contributed by atoms with E-state index >= 15 is 0 Å². The molecule has 0 saturated carbocycles. The molecule has 1 N–H and O–H groups in total. The lowest BCUT2D eigenvalue weighted by molar-refractivity contribution is 0.0130. The van der Waals surface area contributed by atoms with Gasteiger partial charge in [0.05, 0.1) is 13.2 Å². The molecule has 2 aliphatic heterocycles. The van der Waals surface area contributed by atoms with E-state index in [-0.39, 0.29) is 23.5 Å². The number of ether oxygens (including phenoxy) is 2. The number of hydrogen-bond donors (Lipinski definition) is 1. The van der Waals surface area contributed by atoms with Crippen LogP contribution in [0.5, 0.6) is 11.5 Å². The van der Waals surface area contributed by atoms with Crippen molar-refractivity contribution in [2.75, 3.05) is 19.8 Å². The molecule has 0 unspecified atom stereocenters. The first kappa shape index (κ1) is 25.5. The minimum Gasteiger partial charge on any atom is -0.490 e. The van der Waals surface area contributed by atoms with Crippen LogP contribution in [-0.4, -0.2) is 52.2 Å². The summed E-state index contributed by atoms with van der Waals surface area (Å²) in [7, 11) is 0. The molecule has 2 aliphatic rings. The Labute approximate surface area is 209 Å². The molecule has 2 aromatic rings. The molecular weight excluding hydrogens is 470 g/mol. The molecule has 0 spiro atoms. The molecule has 35 heavy (non-hydrogen) atoms. The topological polar surface area (TPSA) is 94.5 Å². The van der Waals surface area contributed by atoms with E-state index in [0.29, 0.717) is 39.2 Å². The van der Waals surface area contributed by atoms with E-state index < -0.39 is 17.5 Å². The van der Waals surface area contributed by atoms with Crippen LogP contribution in [0.4, 0.5) is 4.79 Å². The van der Waals surface area contributed by atoms with Crippen molar-refractivity contribution in [2.45, 2.75) is 58.3 Å². The number of amides is 1. The van der Waals surface area contributed by atoms with Crippen LogP contribution in [0.15, 0.2) is 48.5 Å². The predicted octanol–water partition coefficient (Wildman–Crippen LogP) is 4.91. The number of rotatable bonds is 6. The van der Waals surface area contributed by atoms with Crippen LogP contribution in [0.1, 0.15) is 50.7 Å². The minimum absolute atomic E-state index is 0.0181. The van der Waals surface area contributed by atoms with Crippen molar-refractivity contribution in [1.82, 2.24) is 4.90 Å². The lowest BCUT2D eigenvalue weighted by atomic mass is 9.80. The summed E-state index contributed by atoms with van der Waals surface area (Å²) in [5, 5.41) is 9.55. The molecule has 4 rings (SSSR count). The first-order chi connectivity index (χ1) is 16.7. The Kier molecular flexibility index (Phi) is 7.98. The Balaban J connectivity index is 1.28. The molecule has 1 amide bonds. The van der Waals surface area contributed by atoms with Crippen molar-refractivity contribution >= 4 is 17.5 Å². The van der Waals surface area contributed by atoms with Gasteiger partial charge in [0, 0.05) is 31.3 Å². The van der Waals surface area contributed by atoms with Crippen LogP contribution < -0.4 is 9.47 Å². The smallest absolute Gasteiger partial charge is 0.407 e. The molecule has 2 atom stereocenters. The summed E-state index contributed by atoms with van der Waals surface area (Å²) in [6, 6.07) is 15.5. The van der Waals surface area contributed by atoms with Crippen molar-refractivity contribution in [3.05, 3.63) is 59.7 Å². The van der Waals surface area contributed by atoms with Crippen LogP contribution in [0.3, 0.4) is 0 Å². The summed E-state index contributed by atoms with van der Waals surface area (Å²) in [6.07, 6.45) is 0.470. The molecule has 8 nitrogen and oxygen atoms in total. The largest absolute Gasteiger partial charge is 0.490 e. The van der Waals surface area contributed by atoms with Gasteiger partial charge in [0.2, 0.25) is 0 Å². The van der Waals surface area contributed by atoms with Gasteiger partial charge in [-0.1, -0.05) is 45.0 Å². The second-order valence-corrected chi connectivity index (χ2v) is 11.0. The van der Waals surface area contributed by atoms with Crippen LogP contribution in [-0.2, 0) is 26.3 Å². The Bertz CT molecular complexity index is 1010. The van der Waals surface area contributed by atoms with Gasteiger partial charge < -0.3 is 19.5 Å². The molecule has 2 heterocycles. The van der Waals surface area contributed by atoms with E-state index in [0.717, 1.165) is 22.6 Å². The number of hydrogen-bond acceptors (Lipinski definition) is 6. The number of nitrogens with zero attached hydrogens (tertiary/aromatic N) is 1. The highest BCUT2D eigenvalue weighted by molar-refractivity contribution is 7.75. The van der Waals surface area contributed by atoms with Gasteiger partial charge in [-0.25, -0.2) is 4.79 Å². The summed E-state index contributed by atoms with van der Waals surface area (Å²) in [6.45, 7) is 7.86. The minimum atomic E-state index is -1.63. The normalized spacial score (nSPS) is 25.2. The van der Waals surface area contributed by atoms with E-state index in [1.807, 2.05) is 48.5 Å². The Morgan fingerprint density at radius 2 is 1.69 bits per heavy atom. The molecule has 0 aromatic heterocycles. The van der Waals surface area contributed by atoms with E-state index in [2.05, 4.69) is 20.8 Å². The zero-order chi connectivity index (χ0) is 25.0. The van der Waals surface area contributed by atoms with Crippen LogP contribution >= 0.6 is 0 Å². The zero-order valence-electron chi connectivity index (χ0n) is 20.3. The van der Waals surface area contributed by atoms with Gasteiger partial charge >= 0.3 is 17.5 Å². The number of carboxylic acid groups (broad SMARTS) is 1. The summed E-state index contributed by atoms with van der Waals surface area (Å²) in [5.74, 6) is 1.59. The molecule has 2 aromatic carbocycles. The fourth-order valence-electron chi connectivity index (χ4n) is 4.50. The van der Waals surface area contributed by atoms with E-state index in [1.165, 1.54) is 0 Å². The third-order valence-electron chi connectivity index (χ3n) is 6.51. The third-order valence-corrected chi connectivity index (χ3v) is 7.17. The number of carbonyl (C=O) groups is 1. The van der Waals surface area contributed by atoms with Crippen molar-refractivity contribution in [2.24, 2.45) is 5.41 Å². The van der Waals surface area contributed by atoms with Crippen molar-refractivity contribution in [3.8, 4) is 11.5 Å². The standard InChI is InChI=1S/C26H33NO7S/c1-26(2,3)24-14-23(12-13-27(24)25(28)29)34-22-8-4-18(5-9-22)15-31-21-10-6-19(7-11-21)20-16-32-35(30)33-17-20/h4-11,20,23-24H,12-17H2,1-3H3,(H,28,29)/t20?,23-,24+,35?/m1/s1. The lowest BCUT2D eigenvalue weighted by Gasteiger charge is -2.44. The Hall–Kier alpha value is -2.62. The molecule has 0 radical (unpaired) electrons. The average Bonchev–Trinajstić information content (AvgIpc) is 2.84. The molecule has 0 aliphatic carbocycles. The van der Waals surface area contributed by atoms with E-state index in [9.17, 15) is 14.1 Å². The third kappa shape index (κ3) is 6.74. The monoisotopic (exact) mass is 503 g/mol. The second kappa shape index (κ2) is 11.0. The average molecular weight is 504 g/mol. The van der Waals surface area contributed by atoms with Gasteiger partial charge in [-0.05, 0) is 40.8 Å². The number of piperidine rings is 1. The summed E-state index contributed by atoms with van der Waals surface area (Å²) in [5.41, 5.74) is 1.92. The van der Waals surface area contributed by atoms with Gasteiger partial charge in [0.15, 0.2) is 0 Å². The second-order valence-electron chi connectivity index (χ2n) is 10.1. The highest BCUT2D eigenvalue weighted by atomic mass is 32.2. The van der Waals surface area contributed by atoms with E-state index in [4.69, 9.17) is 17.8 Å². The van der Waals surface area contributed by atoms with Gasteiger partial charge in [0.1, 0.15) is 24.2 Å². The predicted molar refractivity (Wildman–Crippen MR) is 132 cm³/mol. The lowest BCUT2D eigenvalue weighted by Crippen LogP contribution is -2.53. The molecular formula is C26H33NO7S. The fourth-order valence-corrected chi connectivity index (χ4v) is 5.12. The number of benzene rings is 2. The molecule has 2 saturated heterocycles. The highest BCUT2D eigenvalue weighted by Crippen LogP contribution is 2.34. The summed E-state index contributed by atoms with van der Waals surface area (Å²) < 4.78 is 33.4. The first-order valence-electron chi connectivity index (χ1n) is 11.9. The summed E-state index contributed by atoms with van der Waals surface area (Å²) in [4.78, 5) is 13.2. The zero-order valence-corrected chi connectivity index (χ0v) is 21.2. The molecule has 2 fully saturated rings. The molecule has 9 heteroatoms. The maximum atomic E-state index is 11.6. The van der Waals surface area contributed by atoms with Crippen LogP contribution in [0, 0.1) is 5.41 Å². The maximum Gasteiger partial charge on any atom is 0.407 e. The quantitative estimate of drug-likeness (QED) is 0.598. The Morgan fingerprint density at radius 1 is 1.06 bits per heavy atom. The highest BCUT2D eigenvalue weighted by Gasteiger charge is 2.39. The number of likely N-dealkylation sites (tertiary alicyclic amines) is 1. The molecule has 0 bridgehead atoms. The maximum absolute atomic E-state index is 11.6. The SMILES string of the molecule is CC(C)(C)[C@@H]1C[C@H](Oc2ccc(COc3ccc(C4COS(=O)OC4)cc3)cc2)CCN1C(=O)O. The van der Waals surface area contributed by atoms with Crippen LogP contribution in [0.25, 0.3) is 0 Å².